The summed E-state index contributed by atoms with van der Waals surface area (Å²) >= 11 is 0. The SMILES string of the molecule is CCC[CH]CCC(C)Cc1ccc(CCCCCC)cc1. The largest absolute Gasteiger partial charge is 0.0654 e. The normalized spacial score (nSPS) is 12.5. The number of aryl methyl sites for hydroxylation is 1. The summed E-state index contributed by atoms with van der Waals surface area (Å²) in [4.78, 5) is 0. The Bertz CT molecular complexity index is 336. The third-order valence-corrected chi connectivity index (χ3v) is 4.28. The molecule has 0 aliphatic heterocycles. The van der Waals surface area contributed by atoms with Crippen molar-refractivity contribution in [2.24, 2.45) is 5.92 Å². The molecule has 0 aromatic heterocycles. The van der Waals surface area contributed by atoms with E-state index in [1.54, 1.807) is 0 Å². The summed E-state index contributed by atoms with van der Waals surface area (Å²) in [5.41, 5.74) is 3.02. The van der Waals surface area contributed by atoms with Gasteiger partial charge in [-0.15, -0.1) is 0 Å². The van der Waals surface area contributed by atoms with E-state index in [4.69, 9.17) is 0 Å². The summed E-state index contributed by atoms with van der Waals surface area (Å²) in [5.74, 6) is 0.800. The van der Waals surface area contributed by atoms with Gasteiger partial charge in [0.15, 0.2) is 0 Å². The molecule has 0 spiro atoms. The smallest absolute Gasteiger partial charge is 0.0253 e. The molecule has 1 aromatic carbocycles. The fourth-order valence-electron chi connectivity index (χ4n) is 2.85. The molecule has 0 nitrogen and oxygen atoms in total. The predicted molar refractivity (Wildman–Crippen MR) is 95.6 cm³/mol. The molecule has 119 valence electrons. The summed E-state index contributed by atoms with van der Waals surface area (Å²) in [6.07, 6.45) is 15.5. The van der Waals surface area contributed by atoms with Crippen molar-refractivity contribution in [3.8, 4) is 0 Å². The molecule has 21 heavy (non-hydrogen) atoms. The van der Waals surface area contributed by atoms with Gasteiger partial charge in [-0.1, -0.05) is 83.6 Å². The van der Waals surface area contributed by atoms with E-state index in [0.29, 0.717) is 0 Å². The fourth-order valence-corrected chi connectivity index (χ4v) is 2.85. The van der Waals surface area contributed by atoms with Crippen LogP contribution in [0.1, 0.15) is 83.3 Å². The molecule has 1 unspecified atom stereocenters. The lowest BCUT2D eigenvalue weighted by atomic mass is 9.94. The van der Waals surface area contributed by atoms with E-state index in [-0.39, 0.29) is 0 Å². The second-order valence-electron chi connectivity index (χ2n) is 6.59. The first-order valence-corrected chi connectivity index (χ1v) is 9.15. The maximum atomic E-state index is 2.45. The van der Waals surface area contributed by atoms with Crippen molar-refractivity contribution in [3.05, 3.63) is 41.8 Å². The minimum atomic E-state index is 0.800. The van der Waals surface area contributed by atoms with Gasteiger partial charge < -0.3 is 0 Å². The molecule has 0 saturated heterocycles. The van der Waals surface area contributed by atoms with Crippen molar-refractivity contribution >= 4 is 0 Å². The molecule has 1 rings (SSSR count). The lowest BCUT2D eigenvalue weighted by molar-refractivity contribution is 0.522. The minimum absolute atomic E-state index is 0.800. The van der Waals surface area contributed by atoms with Gasteiger partial charge in [-0.2, -0.15) is 0 Å². The Kier molecular flexibility index (Phi) is 10.3. The Balaban J connectivity index is 2.23. The number of hydrogen-bond donors (Lipinski definition) is 0. The summed E-state index contributed by atoms with van der Waals surface area (Å²) in [5, 5.41) is 0. The second-order valence-corrected chi connectivity index (χ2v) is 6.59. The monoisotopic (exact) mass is 287 g/mol. The molecule has 0 saturated carbocycles. The van der Waals surface area contributed by atoms with Crippen LogP contribution in [0.2, 0.25) is 0 Å². The van der Waals surface area contributed by atoms with Crippen molar-refractivity contribution in [2.45, 2.75) is 85.0 Å². The zero-order valence-electron chi connectivity index (χ0n) is 14.5. The summed E-state index contributed by atoms with van der Waals surface area (Å²) in [6, 6.07) is 9.39. The van der Waals surface area contributed by atoms with Crippen molar-refractivity contribution in [1.29, 1.82) is 0 Å². The minimum Gasteiger partial charge on any atom is -0.0654 e. The Morgan fingerprint density at radius 1 is 0.857 bits per heavy atom. The van der Waals surface area contributed by atoms with E-state index in [1.165, 1.54) is 75.3 Å². The first kappa shape index (κ1) is 18.3. The Labute approximate surface area is 133 Å². The molecule has 0 bridgehead atoms. The second kappa shape index (κ2) is 11.8. The van der Waals surface area contributed by atoms with Gasteiger partial charge in [-0.3, -0.25) is 0 Å². The van der Waals surface area contributed by atoms with Crippen LogP contribution in [0, 0.1) is 12.3 Å². The first-order valence-electron chi connectivity index (χ1n) is 9.15. The van der Waals surface area contributed by atoms with Gasteiger partial charge in [-0.25, -0.2) is 0 Å². The molecular weight excluding hydrogens is 252 g/mol. The lowest BCUT2D eigenvalue weighted by Crippen LogP contribution is -2.00. The first-order chi connectivity index (χ1) is 10.3. The molecule has 1 atom stereocenters. The molecule has 0 fully saturated rings. The number of rotatable bonds is 12. The van der Waals surface area contributed by atoms with Gasteiger partial charge in [-0.05, 0) is 49.1 Å². The standard InChI is InChI=1S/C21H35/c1-4-6-8-10-12-19(3)18-21-16-14-20(15-17-21)13-11-9-7-5-2/h8,14-17,19H,4-7,9-13,18H2,1-3H3. The average molecular weight is 288 g/mol. The lowest BCUT2D eigenvalue weighted by Gasteiger charge is -2.11. The van der Waals surface area contributed by atoms with E-state index >= 15 is 0 Å². The predicted octanol–water partition coefficient (Wildman–Crippen LogP) is 6.77. The van der Waals surface area contributed by atoms with Crippen LogP contribution < -0.4 is 0 Å². The van der Waals surface area contributed by atoms with E-state index in [9.17, 15) is 0 Å². The highest BCUT2D eigenvalue weighted by molar-refractivity contribution is 5.23. The maximum Gasteiger partial charge on any atom is -0.0253 e. The highest BCUT2D eigenvalue weighted by Crippen LogP contribution is 2.17. The maximum absolute atomic E-state index is 2.45. The molecule has 0 heterocycles. The van der Waals surface area contributed by atoms with Crippen LogP contribution in [0.5, 0.6) is 0 Å². The Morgan fingerprint density at radius 3 is 2.24 bits per heavy atom. The van der Waals surface area contributed by atoms with Gasteiger partial charge in [0.2, 0.25) is 0 Å². The van der Waals surface area contributed by atoms with Crippen molar-refractivity contribution in [1.82, 2.24) is 0 Å². The average Bonchev–Trinajstić information content (AvgIpc) is 2.50. The van der Waals surface area contributed by atoms with Gasteiger partial charge >= 0.3 is 0 Å². The molecule has 0 aliphatic rings. The van der Waals surface area contributed by atoms with Crippen LogP contribution >= 0.6 is 0 Å². The molecule has 0 aliphatic carbocycles. The molecule has 0 heteroatoms. The van der Waals surface area contributed by atoms with Gasteiger partial charge in [0, 0.05) is 0 Å². The molecule has 0 amide bonds. The van der Waals surface area contributed by atoms with E-state index in [0.717, 1.165) is 5.92 Å². The molecule has 1 radical (unpaired) electrons. The van der Waals surface area contributed by atoms with Crippen molar-refractivity contribution in [2.75, 3.05) is 0 Å². The zero-order valence-corrected chi connectivity index (χ0v) is 14.5. The number of unbranched alkanes of at least 4 members (excludes halogenated alkanes) is 6. The zero-order chi connectivity index (χ0) is 15.3. The van der Waals surface area contributed by atoms with Crippen LogP contribution in [0.15, 0.2) is 24.3 Å². The quantitative estimate of drug-likeness (QED) is 0.372. The third kappa shape index (κ3) is 8.96. The van der Waals surface area contributed by atoms with Crippen molar-refractivity contribution < 1.29 is 0 Å². The summed E-state index contributed by atoms with van der Waals surface area (Å²) < 4.78 is 0. The fraction of sp³-hybridized carbons (Fsp3) is 0.667. The van der Waals surface area contributed by atoms with E-state index in [2.05, 4.69) is 51.5 Å². The van der Waals surface area contributed by atoms with Crippen LogP contribution in [-0.4, -0.2) is 0 Å². The number of benzene rings is 1. The highest BCUT2D eigenvalue weighted by atomic mass is 14.1. The van der Waals surface area contributed by atoms with Crippen LogP contribution in [0.3, 0.4) is 0 Å². The Hall–Kier alpha value is -0.780. The van der Waals surface area contributed by atoms with E-state index in [1.807, 2.05) is 0 Å². The van der Waals surface area contributed by atoms with E-state index < -0.39 is 0 Å². The highest BCUT2D eigenvalue weighted by Gasteiger charge is 2.04. The third-order valence-electron chi connectivity index (χ3n) is 4.28. The van der Waals surface area contributed by atoms with Crippen LogP contribution in [0.4, 0.5) is 0 Å². The summed E-state index contributed by atoms with van der Waals surface area (Å²) in [6.45, 7) is 6.91. The van der Waals surface area contributed by atoms with Gasteiger partial charge in [0.05, 0.1) is 0 Å². The number of hydrogen-bond acceptors (Lipinski definition) is 0. The molecule has 1 aromatic rings. The molecular formula is C21H35. The summed E-state index contributed by atoms with van der Waals surface area (Å²) in [7, 11) is 0. The van der Waals surface area contributed by atoms with Crippen LogP contribution in [-0.2, 0) is 12.8 Å². The Morgan fingerprint density at radius 2 is 1.57 bits per heavy atom. The van der Waals surface area contributed by atoms with Gasteiger partial charge in [0.25, 0.3) is 0 Å². The molecule has 0 N–H and O–H groups in total. The topological polar surface area (TPSA) is 0 Å². The van der Waals surface area contributed by atoms with Crippen molar-refractivity contribution in [3.63, 3.8) is 0 Å². The van der Waals surface area contributed by atoms with Crippen LogP contribution in [0.25, 0.3) is 0 Å². The van der Waals surface area contributed by atoms with Gasteiger partial charge in [0.1, 0.15) is 0 Å².